The minimum absolute atomic E-state index is 0.111. The van der Waals surface area contributed by atoms with E-state index < -0.39 is 0 Å². The number of aromatic nitrogens is 3. The molecule has 0 radical (unpaired) electrons. The van der Waals surface area contributed by atoms with Gasteiger partial charge in [-0.1, -0.05) is 42.5 Å². The van der Waals surface area contributed by atoms with E-state index in [0.29, 0.717) is 29.9 Å². The van der Waals surface area contributed by atoms with Crippen molar-refractivity contribution in [1.29, 1.82) is 0 Å². The summed E-state index contributed by atoms with van der Waals surface area (Å²) in [6.07, 6.45) is 3.21. The van der Waals surface area contributed by atoms with Crippen LogP contribution in [0.3, 0.4) is 0 Å². The van der Waals surface area contributed by atoms with Crippen LogP contribution in [0.15, 0.2) is 73.1 Å². The molecule has 7 nitrogen and oxygen atoms in total. The van der Waals surface area contributed by atoms with Crippen LogP contribution >= 0.6 is 0 Å². The van der Waals surface area contributed by atoms with Crippen LogP contribution in [0.25, 0.3) is 16.9 Å². The highest BCUT2D eigenvalue weighted by atomic mass is 16.2. The number of carbonyl (C=O) groups is 2. The van der Waals surface area contributed by atoms with Gasteiger partial charge in [0.1, 0.15) is 5.56 Å². The topological polar surface area (TPSA) is 88.4 Å². The van der Waals surface area contributed by atoms with Gasteiger partial charge in [0, 0.05) is 30.4 Å². The molecular formula is C23H21N5O2. The molecule has 4 rings (SSSR count). The molecule has 0 fully saturated rings. The first kappa shape index (κ1) is 19.3. The van der Waals surface area contributed by atoms with Crippen LogP contribution in [0.5, 0.6) is 0 Å². The van der Waals surface area contributed by atoms with E-state index >= 15 is 0 Å². The molecule has 2 amide bonds. The standard InChI is InChI=1S/C23H21N5O2/c1-2-24-22(29)18-10-8-16(9-11-18)14-26-23(30)19-15-27-28-20(12-13-25-21(19)28)17-6-4-3-5-7-17/h3-13,15H,2,14H2,1H3,(H,24,29)(H,26,30). The molecule has 0 bridgehead atoms. The van der Waals surface area contributed by atoms with Gasteiger partial charge in [0.2, 0.25) is 0 Å². The summed E-state index contributed by atoms with van der Waals surface area (Å²) < 4.78 is 1.67. The summed E-state index contributed by atoms with van der Waals surface area (Å²) in [6, 6.07) is 18.8. The van der Waals surface area contributed by atoms with Gasteiger partial charge in [0.25, 0.3) is 11.8 Å². The van der Waals surface area contributed by atoms with E-state index in [-0.39, 0.29) is 11.8 Å². The third-order valence-electron chi connectivity index (χ3n) is 4.72. The highest BCUT2D eigenvalue weighted by Gasteiger charge is 2.16. The van der Waals surface area contributed by atoms with E-state index in [0.717, 1.165) is 16.8 Å². The maximum atomic E-state index is 12.7. The molecule has 150 valence electrons. The number of hydrogen-bond donors (Lipinski definition) is 2. The number of benzene rings is 2. The Balaban J connectivity index is 1.50. The first-order chi connectivity index (χ1) is 14.7. The zero-order valence-electron chi connectivity index (χ0n) is 16.5. The van der Waals surface area contributed by atoms with Crippen LogP contribution in [-0.4, -0.2) is 33.0 Å². The average molecular weight is 399 g/mol. The van der Waals surface area contributed by atoms with Crippen molar-refractivity contribution in [2.45, 2.75) is 13.5 Å². The van der Waals surface area contributed by atoms with Crippen LogP contribution in [0.4, 0.5) is 0 Å². The summed E-state index contributed by atoms with van der Waals surface area (Å²) in [4.78, 5) is 28.9. The first-order valence-corrected chi connectivity index (χ1v) is 9.71. The second-order valence-electron chi connectivity index (χ2n) is 6.73. The highest BCUT2D eigenvalue weighted by molar-refractivity contribution is 6.00. The fraction of sp³-hybridized carbons (Fsp3) is 0.130. The van der Waals surface area contributed by atoms with E-state index in [9.17, 15) is 9.59 Å². The van der Waals surface area contributed by atoms with Crippen molar-refractivity contribution in [3.05, 3.63) is 89.7 Å². The smallest absolute Gasteiger partial charge is 0.257 e. The Bertz CT molecular complexity index is 1180. The Morgan fingerprint density at radius 1 is 0.933 bits per heavy atom. The van der Waals surface area contributed by atoms with Gasteiger partial charge in [-0.2, -0.15) is 5.10 Å². The number of rotatable bonds is 6. The molecule has 0 saturated carbocycles. The maximum absolute atomic E-state index is 12.7. The van der Waals surface area contributed by atoms with Crippen LogP contribution in [0.1, 0.15) is 33.2 Å². The summed E-state index contributed by atoms with van der Waals surface area (Å²) in [5.41, 5.74) is 4.25. The summed E-state index contributed by atoms with van der Waals surface area (Å²) >= 11 is 0. The normalized spacial score (nSPS) is 10.7. The third-order valence-corrected chi connectivity index (χ3v) is 4.72. The molecule has 7 heteroatoms. The lowest BCUT2D eigenvalue weighted by Gasteiger charge is -2.07. The van der Waals surface area contributed by atoms with Crippen LogP contribution in [-0.2, 0) is 6.54 Å². The number of fused-ring (bicyclic) bond motifs is 1. The molecule has 0 saturated heterocycles. The summed E-state index contributed by atoms with van der Waals surface area (Å²) in [5.74, 6) is -0.366. The number of amides is 2. The Morgan fingerprint density at radius 2 is 1.70 bits per heavy atom. The highest BCUT2D eigenvalue weighted by Crippen LogP contribution is 2.20. The van der Waals surface area contributed by atoms with Gasteiger partial charge in [0.15, 0.2) is 5.65 Å². The van der Waals surface area contributed by atoms with Crippen molar-refractivity contribution in [3.63, 3.8) is 0 Å². The Hall–Kier alpha value is -4.00. The zero-order valence-corrected chi connectivity index (χ0v) is 16.5. The molecule has 0 aliphatic rings. The van der Waals surface area contributed by atoms with Crippen molar-refractivity contribution in [1.82, 2.24) is 25.2 Å². The molecule has 0 aliphatic carbocycles. The number of carbonyl (C=O) groups excluding carboxylic acids is 2. The van der Waals surface area contributed by atoms with Gasteiger partial charge in [-0.25, -0.2) is 9.50 Å². The lowest BCUT2D eigenvalue weighted by molar-refractivity contribution is 0.0944. The van der Waals surface area contributed by atoms with Crippen molar-refractivity contribution in [3.8, 4) is 11.3 Å². The number of hydrogen-bond acceptors (Lipinski definition) is 4. The monoisotopic (exact) mass is 399 g/mol. The Labute approximate surface area is 173 Å². The van der Waals surface area contributed by atoms with Gasteiger partial charge in [-0.05, 0) is 30.7 Å². The van der Waals surface area contributed by atoms with Crippen LogP contribution in [0, 0.1) is 0 Å². The number of nitrogens with one attached hydrogen (secondary N) is 2. The first-order valence-electron chi connectivity index (χ1n) is 9.71. The minimum Gasteiger partial charge on any atom is -0.352 e. The van der Waals surface area contributed by atoms with Gasteiger partial charge in [-0.3, -0.25) is 9.59 Å². The van der Waals surface area contributed by atoms with Crippen molar-refractivity contribution < 1.29 is 9.59 Å². The largest absolute Gasteiger partial charge is 0.352 e. The van der Waals surface area contributed by atoms with E-state index in [1.807, 2.05) is 55.5 Å². The van der Waals surface area contributed by atoms with Crippen molar-refractivity contribution in [2.75, 3.05) is 6.54 Å². The lowest BCUT2D eigenvalue weighted by Crippen LogP contribution is -2.24. The second kappa shape index (κ2) is 8.57. The molecule has 0 unspecified atom stereocenters. The fourth-order valence-electron chi connectivity index (χ4n) is 3.19. The van der Waals surface area contributed by atoms with E-state index in [2.05, 4.69) is 20.7 Å². The molecule has 2 aromatic carbocycles. The fourth-order valence-corrected chi connectivity index (χ4v) is 3.19. The molecule has 0 aliphatic heterocycles. The molecule has 2 N–H and O–H groups in total. The molecule has 0 atom stereocenters. The van der Waals surface area contributed by atoms with E-state index in [1.165, 1.54) is 6.20 Å². The van der Waals surface area contributed by atoms with Crippen LogP contribution < -0.4 is 10.6 Å². The quantitative estimate of drug-likeness (QED) is 0.522. The SMILES string of the molecule is CCNC(=O)c1ccc(CNC(=O)c2cnn3c(-c4ccccc4)ccnc23)cc1. The summed E-state index contributed by atoms with van der Waals surface area (Å²) in [7, 11) is 0. The average Bonchev–Trinajstić information content (AvgIpc) is 3.23. The third kappa shape index (κ3) is 3.91. The maximum Gasteiger partial charge on any atom is 0.257 e. The van der Waals surface area contributed by atoms with Crippen molar-refractivity contribution >= 4 is 17.5 Å². The second-order valence-corrected chi connectivity index (χ2v) is 6.73. The van der Waals surface area contributed by atoms with Gasteiger partial charge >= 0.3 is 0 Å². The van der Waals surface area contributed by atoms with E-state index in [4.69, 9.17) is 0 Å². The van der Waals surface area contributed by atoms with E-state index in [1.54, 1.807) is 22.8 Å². The van der Waals surface area contributed by atoms with Gasteiger partial charge < -0.3 is 10.6 Å². The Kier molecular flexibility index (Phi) is 5.52. The van der Waals surface area contributed by atoms with Gasteiger partial charge in [0.05, 0.1) is 11.9 Å². The predicted octanol–water partition coefficient (Wildman–Crippen LogP) is 3.08. The molecule has 4 aromatic rings. The minimum atomic E-state index is -0.254. The zero-order chi connectivity index (χ0) is 20.9. The van der Waals surface area contributed by atoms with Crippen LogP contribution in [0.2, 0.25) is 0 Å². The summed E-state index contributed by atoms with van der Waals surface area (Å²) in [5, 5.41) is 10.0. The molecular weight excluding hydrogens is 378 g/mol. The summed E-state index contributed by atoms with van der Waals surface area (Å²) in [6.45, 7) is 2.79. The number of nitrogens with zero attached hydrogens (tertiary/aromatic N) is 3. The molecule has 0 spiro atoms. The van der Waals surface area contributed by atoms with Crippen molar-refractivity contribution in [2.24, 2.45) is 0 Å². The molecule has 30 heavy (non-hydrogen) atoms. The molecule has 2 heterocycles. The lowest BCUT2D eigenvalue weighted by atomic mass is 10.1. The molecule has 2 aromatic heterocycles. The van der Waals surface area contributed by atoms with Gasteiger partial charge in [-0.15, -0.1) is 0 Å². The predicted molar refractivity (Wildman–Crippen MR) is 114 cm³/mol. The Morgan fingerprint density at radius 3 is 2.43 bits per heavy atom.